The van der Waals surface area contributed by atoms with Crippen molar-refractivity contribution in [3.63, 3.8) is 0 Å². The summed E-state index contributed by atoms with van der Waals surface area (Å²) < 4.78 is 34.4. The van der Waals surface area contributed by atoms with Crippen LogP contribution in [0.4, 0.5) is 4.79 Å². The molecule has 1 fully saturated rings. The molecule has 3 aromatic heterocycles. The first-order chi connectivity index (χ1) is 16.0. The van der Waals surface area contributed by atoms with Gasteiger partial charge in [-0.25, -0.2) is 18.2 Å². The number of hydrogen-bond donors (Lipinski definition) is 0. The van der Waals surface area contributed by atoms with Crippen molar-refractivity contribution < 1.29 is 17.9 Å². The maximum Gasteiger partial charge on any atom is 0.424 e. The van der Waals surface area contributed by atoms with Gasteiger partial charge in [-0.2, -0.15) is 9.57 Å². The van der Waals surface area contributed by atoms with Gasteiger partial charge < -0.3 is 9.30 Å². The van der Waals surface area contributed by atoms with Gasteiger partial charge in [0, 0.05) is 12.5 Å². The molecule has 0 N–H and O–H groups in total. The Kier molecular flexibility index (Phi) is 6.57. The second kappa shape index (κ2) is 9.15. The number of fused-ring (bicyclic) bond motifs is 3. The molecule has 1 saturated carbocycles. The summed E-state index contributed by atoms with van der Waals surface area (Å²) in [6.07, 6.45) is 5.85. The summed E-state index contributed by atoms with van der Waals surface area (Å²) >= 11 is 1.57. The number of thiophene rings is 1. The standard InChI is InChI=1S/C23H29N5O4S2/c1-23(2,3)32-22(29)27(34(4,30)31)14-19-26-18-13-25-17-10-12-33-21(17)20(18)28(19)16-7-5-15(6-8-16)9-11-24/h10,12-13,15-16H,5-9,14H2,1-4H3. The van der Waals surface area contributed by atoms with Crippen LogP contribution in [0.1, 0.15) is 64.7 Å². The van der Waals surface area contributed by atoms with Gasteiger partial charge >= 0.3 is 6.09 Å². The van der Waals surface area contributed by atoms with Crippen molar-refractivity contribution in [2.45, 2.75) is 71.1 Å². The summed E-state index contributed by atoms with van der Waals surface area (Å²) in [7, 11) is -3.91. The average Bonchev–Trinajstić information content (AvgIpc) is 3.34. The fourth-order valence-electron chi connectivity index (χ4n) is 4.53. The van der Waals surface area contributed by atoms with E-state index in [2.05, 4.69) is 15.6 Å². The van der Waals surface area contributed by atoms with E-state index >= 15 is 0 Å². The number of carbonyl (C=O) groups is 1. The normalized spacial score (nSPS) is 19.3. The lowest BCUT2D eigenvalue weighted by atomic mass is 9.84. The molecule has 11 heteroatoms. The first kappa shape index (κ1) is 24.4. The summed E-state index contributed by atoms with van der Waals surface area (Å²) in [4.78, 5) is 22.1. The second-order valence-electron chi connectivity index (χ2n) is 9.81. The average molecular weight is 504 g/mol. The summed E-state index contributed by atoms with van der Waals surface area (Å²) in [5.74, 6) is 0.856. The fraction of sp³-hybridized carbons (Fsp3) is 0.565. The minimum absolute atomic E-state index is 0.0858. The van der Waals surface area contributed by atoms with Crippen LogP contribution >= 0.6 is 11.3 Å². The van der Waals surface area contributed by atoms with Gasteiger partial charge in [0.1, 0.15) is 16.9 Å². The van der Waals surface area contributed by atoms with Crippen molar-refractivity contribution in [2.75, 3.05) is 6.26 Å². The number of imidazole rings is 1. The summed E-state index contributed by atoms with van der Waals surface area (Å²) in [6, 6.07) is 4.31. The highest BCUT2D eigenvalue weighted by molar-refractivity contribution is 7.88. The number of aromatic nitrogens is 3. The Morgan fingerprint density at radius 2 is 2.00 bits per heavy atom. The van der Waals surface area contributed by atoms with Crippen molar-refractivity contribution in [2.24, 2.45) is 5.92 Å². The number of rotatable bonds is 5. The van der Waals surface area contributed by atoms with Crippen LogP contribution in [0.2, 0.25) is 0 Å². The molecule has 0 radical (unpaired) electrons. The maximum absolute atomic E-state index is 12.8. The lowest BCUT2D eigenvalue weighted by molar-refractivity contribution is 0.0377. The SMILES string of the molecule is CC(C)(C)OC(=O)N(Cc1nc2cnc3ccsc3c2n1C1CCC(CC#N)CC1)S(C)(=O)=O. The Balaban J connectivity index is 1.79. The molecular formula is C23H29N5O4S2. The molecule has 0 bridgehead atoms. The molecule has 1 amide bonds. The topological polar surface area (TPSA) is 118 Å². The molecule has 0 unspecified atom stereocenters. The van der Waals surface area contributed by atoms with E-state index in [4.69, 9.17) is 15.0 Å². The van der Waals surface area contributed by atoms with Crippen LogP contribution < -0.4 is 0 Å². The van der Waals surface area contributed by atoms with Crippen LogP contribution in [0.5, 0.6) is 0 Å². The molecule has 0 saturated heterocycles. The van der Waals surface area contributed by atoms with E-state index in [0.717, 1.165) is 52.0 Å². The number of nitriles is 1. The Morgan fingerprint density at radius 3 is 2.62 bits per heavy atom. The van der Waals surface area contributed by atoms with Crippen molar-refractivity contribution >= 4 is 48.7 Å². The van der Waals surface area contributed by atoms with E-state index in [-0.39, 0.29) is 12.6 Å². The fourth-order valence-corrected chi connectivity index (χ4v) is 6.07. The monoisotopic (exact) mass is 503 g/mol. The number of ether oxygens (including phenoxy) is 1. The number of sulfonamides is 1. The van der Waals surface area contributed by atoms with Crippen molar-refractivity contribution in [3.8, 4) is 6.07 Å². The Hall–Kier alpha value is -2.71. The van der Waals surface area contributed by atoms with Crippen LogP contribution in [0.15, 0.2) is 17.6 Å². The molecule has 0 spiro atoms. The molecule has 0 atom stereocenters. The number of hydrogen-bond acceptors (Lipinski definition) is 8. The minimum atomic E-state index is -3.91. The minimum Gasteiger partial charge on any atom is -0.443 e. The molecule has 1 aliphatic rings. The van der Waals surface area contributed by atoms with Gasteiger partial charge in [0.25, 0.3) is 0 Å². The first-order valence-corrected chi connectivity index (χ1v) is 14.0. The van der Waals surface area contributed by atoms with E-state index in [9.17, 15) is 13.2 Å². The summed E-state index contributed by atoms with van der Waals surface area (Å²) in [5.41, 5.74) is 1.60. The van der Waals surface area contributed by atoms with Gasteiger partial charge in [0.2, 0.25) is 10.0 Å². The van der Waals surface area contributed by atoms with Gasteiger partial charge in [-0.3, -0.25) is 4.98 Å². The largest absolute Gasteiger partial charge is 0.443 e. The third-order valence-corrected chi connectivity index (χ3v) is 8.03. The van der Waals surface area contributed by atoms with Gasteiger partial charge in [-0.15, -0.1) is 11.3 Å². The third-order valence-electron chi connectivity index (χ3n) is 6.04. The smallest absolute Gasteiger partial charge is 0.424 e. The molecular weight excluding hydrogens is 474 g/mol. The van der Waals surface area contributed by atoms with Gasteiger partial charge in [0.15, 0.2) is 0 Å². The first-order valence-electron chi connectivity index (χ1n) is 11.3. The molecule has 9 nitrogen and oxygen atoms in total. The predicted molar refractivity (Wildman–Crippen MR) is 131 cm³/mol. The van der Waals surface area contributed by atoms with Crippen molar-refractivity contribution in [3.05, 3.63) is 23.5 Å². The predicted octanol–water partition coefficient (Wildman–Crippen LogP) is 4.99. The number of nitrogens with zero attached hydrogens (tertiary/aromatic N) is 5. The summed E-state index contributed by atoms with van der Waals surface area (Å²) in [6.45, 7) is 4.85. The van der Waals surface area contributed by atoms with Gasteiger partial charge in [0.05, 0.1) is 40.8 Å². The molecule has 4 rings (SSSR count). The van der Waals surface area contributed by atoms with E-state index in [0.29, 0.717) is 23.7 Å². The molecule has 0 aliphatic heterocycles. The van der Waals surface area contributed by atoms with E-state index in [1.54, 1.807) is 38.3 Å². The molecule has 182 valence electrons. The van der Waals surface area contributed by atoms with Crippen LogP contribution in [0.25, 0.3) is 21.3 Å². The Labute approximate surface area is 203 Å². The van der Waals surface area contributed by atoms with Crippen LogP contribution in [0.3, 0.4) is 0 Å². The zero-order valence-electron chi connectivity index (χ0n) is 19.8. The lowest BCUT2D eigenvalue weighted by Gasteiger charge is -2.31. The number of carbonyl (C=O) groups excluding carboxylic acids is 1. The lowest BCUT2D eigenvalue weighted by Crippen LogP contribution is -2.40. The van der Waals surface area contributed by atoms with E-state index < -0.39 is 21.7 Å². The zero-order chi connectivity index (χ0) is 24.7. The second-order valence-corrected chi connectivity index (χ2v) is 12.6. The van der Waals surface area contributed by atoms with Gasteiger partial charge in [-0.05, 0) is 63.8 Å². The van der Waals surface area contributed by atoms with Crippen molar-refractivity contribution in [1.29, 1.82) is 5.26 Å². The molecule has 3 aromatic rings. The highest BCUT2D eigenvalue weighted by Gasteiger charge is 2.33. The Bertz CT molecular complexity index is 1360. The summed E-state index contributed by atoms with van der Waals surface area (Å²) in [5, 5.41) is 11.1. The van der Waals surface area contributed by atoms with E-state index in [1.807, 2.05) is 11.4 Å². The zero-order valence-corrected chi connectivity index (χ0v) is 21.4. The van der Waals surface area contributed by atoms with Crippen LogP contribution in [-0.2, 0) is 21.3 Å². The molecule has 0 aromatic carbocycles. The van der Waals surface area contributed by atoms with Gasteiger partial charge in [-0.1, -0.05) is 0 Å². The molecule has 3 heterocycles. The third kappa shape index (κ3) is 5.03. The number of amides is 1. The quantitative estimate of drug-likeness (QED) is 0.481. The van der Waals surface area contributed by atoms with Crippen molar-refractivity contribution in [1.82, 2.24) is 18.8 Å². The maximum atomic E-state index is 12.8. The Morgan fingerprint density at radius 1 is 1.29 bits per heavy atom. The number of pyridine rings is 1. The highest BCUT2D eigenvalue weighted by atomic mass is 32.2. The van der Waals surface area contributed by atoms with Crippen LogP contribution in [-0.4, -0.2) is 45.2 Å². The molecule has 1 aliphatic carbocycles. The molecule has 34 heavy (non-hydrogen) atoms. The van der Waals surface area contributed by atoms with Crippen LogP contribution in [0, 0.1) is 17.2 Å². The van der Waals surface area contributed by atoms with E-state index in [1.165, 1.54) is 0 Å². The highest BCUT2D eigenvalue weighted by Crippen LogP contribution is 2.39.